The van der Waals surface area contributed by atoms with Gasteiger partial charge in [0.25, 0.3) is 0 Å². The third-order valence-electron chi connectivity index (χ3n) is 6.09. The molecule has 1 aliphatic rings. The smallest absolute Gasteiger partial charge is 0.407 e. The Balaban J connectivity index is 1.31. The van der Waals surface area contributed by atoms with E-state index in [2.05, 4.69) is 40.1 Å². The monoisotopic (exact) mass is 477 g/mol. The maximum absolute atomic E-state index is 12.6. The maximum atomic E-state index is 12.6. The highest BCUT2D eigenvalue weighted by Gasteiger charge is 2.29. The summed E-state index contributed by atoms with van der Waals surface area (Å²) in [6, 6.07) is 17.0. The Labute approximate surface area is 202 Å². The van der Waals surface area contributed by atoms with Crippen LogP contribution in [-0.2, 0) is 16.1 Å². The number of alkyl carbamates (subject to hydrolysis) is 1. The second kappa shape index (κ2) is 10.4. The first-order valence-corrected chi connectivity index (χ1v) is 11.4. The summed E-state index contributed by atoms with van der Waals surface area (Å²) in [4.78, 5) is 35.9. The minimum Gasteiger partial charge on any atom is -0.476 e. The number of carboxylic acids is 1. The molecule has 0 unspecified atom stereocenters. The zero-order chi connectivity index (χ0) is 24.9. The minimum absolute atomic E-state index is 0.00509. The summed E-state index contributed by atoms with van der Waals surface area (Å²) in [5.41, 5.74) is 4.32. The zero-order valence-electron chi connectivity index (χ0n) is 19.5. The van der Waals surface area contributed by atoms with Crippen molar-refractivity contribution in [2.45, 2.75) is 38.8 Å². The number of fused-ring (bicyclic) bond motifs is 3. The maximum Gasteiger partial charge on any atom is 0.407 e. The molecule has 0 saturated heterocycles. The van der Waals surface area contributed by atoms with Crippen LogP contribution in [0.2, 0.25) is 0 Å². The van der Waals surface area contributed by atoms with Crippen LogP contribution in [0.3, 0.4) is 0 Å². The van der Waals surface area contributed by atoms with Crippen LogP contribution in [0.15, 0.2) is 59.1 Å². The van der Waals surface area contributed by atoms with Crippen molar-refractivity contribution in [1.82, 2.24) is 15.8 Å². The molecule has 4 rings (SSSR count). The molecule has 0 fully saturated rings. The highest BCUT2D eigenvalue weighted by molar-refractivity contribution is 5.85. The average molecular weight is 478 g/mol. The lowest BCUT2D eigenvalue weighted by molar-refractivity contribution is -0.122. The molecule has 1 atom stereocenters. The molecule has 9 nitrogen and oxygen atoms in total. The summed E-state index contributed by atoms with van der Waals surface area (Å²) in [7, 11) is 0. The number of aromatic nitrogens is 1. The van der Waals surface area contributed by atoms with E-state index >= 15 is 0 Å². The molecule has 0 aliphatic heterocycles. The van der Waals surface area contributed by atoms with Gasteiger partial charge in [-0.1, -0.05) is 67.5 Å². The van der Waals surface area contributed by atoms with E-state index in [0.717, 1.165) is 22.3 Å². The molecule has 1 aliphatic carbocycles. The molecule has 35 heavy (non-hydrogen) atoms. The number of carboxylic acid groups (broad SMARTS) is 1. The van der Waals surface area contributed by atoms with E-state index in [1.54, 1.807) is 0 Å². The van der Waals surface area contributed by atoms with Gasteiger partial charge in [0, 0.05) is 24.4 Å². The van der Waals surface area contributed by atoms with Crippen LogP contribution in [0, 0.1) is 5.92 Å². The van der Waals surface area contributed by atoms with Gasteiger partial charge < -0.3 is 25.0 Å². The molecule has 1 heterocycles. The number of carbonyl (C=O) groups is 3. The fraction of sp³-hybridized carbons (Fsp3) is 0.308. The molecule has 0 bridgehead atoms. The standard InChI is InChI=1S/C26H27N3O6/c1-15(2)22(12-24(30)27-13-16-11-23(25(31)32)29-35-16)28-26(33)34-14-21-19-9-5-3-7-17(19)18-8-4-6-10-20(18)21/h3-11,15,21-22H,12-14H2,1-2H3,(H,27,30)(H,28,33)(H,31,32)/t22-/m1/s1. The lowest BCUT2D eigenvalue weighted by atomic mass is 9.98. The van der Waals surface area contributed by atoms with Crippen molar-refractivity contribution in [3.05, 3.63) is 77.2 Å². The van der Waals surface area contributed by atoms with E-state index < -0.39 is 18.1 Å². The van der Waals surface area contributed by atoms with Gasteiger partial charge in [-0.25, -0.2) is 9.59 Å². The number of hydrogen-bond acceptors (Lipinski definition) is 6. The Morgan fingerprint density at radius 3 is 2.26 bits per heavy atom. The first-order valence-electron chi connectivity index (χ1n) is 11.4. The molecule has 2 amide bonds. The van der Waals surface area contributed by atoms with Crippen molar-refractivity contribution in [2.24, 2.45) is 5.92 Å². The van der Waals surface area contributed by atoms with Gasteiger partial charge in [-0.05, 0) is 28.2 Å². The van der Waals surface area contributed by atoms with Gasteiger partial charge in [0.15, 0.2) is 11.5 Å². The van der Waals surface area contributed by atoms with E-state index in [-0.39, 0.29) is 48.8 Å². The van der Waals surface area contributed by atoms with E-state index in [1.807, 2.05) is 38.1 Å². The minimum atomic E-state index is -1.21. The second-order valence-corrected chi connectivity index (χ2v) is 8.78. The molecule has 1 aromatic heterocycles. The van der Waals surface area contributed by atoms with Crippen LogP contribution in [0.1, 0.15) is 53.6 Å². The number of nitrogens with one attached hydrogen (secondary N) is 2. The quantitative estimate of drug-likeness (QED) is 0.425. The summed E-state index contributed by atoms with van der Waals surface area (Å²) < 4.78 is 10.5. The number of amides is 2. The SMILES string of the molecule is CC(C)[C@@H](CC(=O)NCc1cc(C(=O)O)no1)NC(=O)OCC1c2ccccc2-c2ccccc21. The van der Waals surface area contributed by atoms with E-state index in [4.69, 9.17) is 14.4 Å². The molecule has 0 radical (unpaired) electrons. The summed E-state index contributed by atoms with van der Waals surface area (Å²) in [6.07, 6.45) is -0.554. The zero-order valence-corrected chi connectivity index (χ0v) is 19.5. The number of rotatable bonds is 9. The summed E-state index contributed by atoms with van der Waals surface area (Å²) in [5, 5.41) is 17.7. The van der Waals surface area contributed by atoms with Crippen LogP contribution >= 0.6 is 0 Å². The number of nitrogens with zero attached hydrogens (tertiary/aromatic N) is 1. The van der Waals surface area contributed by atoms with Crippen molar-refractivity contribution in [1.29, 1.82) is 0 Å². The Morgan fingerprint density at radius 1 is 1.06 bits per heavy atom. The number of ether oxygens (including phenoxy) is 1. The third kappa shape index (κ3) is 5.51. The van der Waals surface area contributed by atoms with Crippen LogP contribution in [-0.4, -0.2) is 40.9 Å². The Kier molecular flexibility index (Phi) is 7.14. The normalized spacial score (nSPS) is 13.1. The molecule has 2 aromatic carbocycles. The number of carbonyl (C=O) groups excluding carboxylic acids is 2. The van der Waals surface area contributed by atoms with Crippen molar-refractivity contribution >= 4 is 18.0 Å². The first kappa shape index (κ1) is 24.0. The number of benzene rings is 2. The topological polar surface area (TPSA) is 131 Å². The molecular formula is C26H27N3O6. The van der Waals surface area contributed by atoms with Crippen LogP contribution in [0.4, 0.5) is 4.79 Å². The summed E-state index contributed by atoms with van der Waals surface area (Å²) in [6.45, 7) is 3.98. The molecular weight excluding hydrogens is 450 g/mol. The molecule has 3 N–H and O–H groups in total. The summed E-state index contributed by atoms with van der Waals surface area (Å²) >= 11 is 0. The lowest BCUT2D eigenvalue weighted by Gasteiger charge is -2.22. The predicted octanol–water partition coefficient (Wildman–Crippen LogP) is 3.94. The predicted molar refractivity (Wildman–Crippen MR) is 127 cm³/mol. The lowest BCUT2D eigenvalue weighted by Crippen LogP contribution is -2.42. The Morgan fingerprint density at radius 2 is 1.69 bits per heavy atom. The average Bonchev–Trinajstić information content (AvgIpc) is 3.44. The van der Waals surface area contributed by atoms with Gasteiger partial charge in [0.1, 0.15) is 6.61 Å². The molecule has 9 heteroatoms. The van der Waals surface area contributed by atoms with Crippen molar-refractivity contribution in [2.75, 3.05) is 6.61 Å². The van der Waals surface area contributed by atoms with Gasteiger partial charge >= 0.3 is 12.1 Å². The van der Waals surface area contributed by atoms with Gasteiger partial charge in [-0.3, -0.25) is 4.79 Å². The highest BCUT2D eigenvalue weighted by atomic mass is 16.5. The number of hydrogen-bond donors (Lipinski definition) is 3. The Bertz CT molecular complexity index is 1190. The van der Waals surface area contributed by atoms with Crippen molar-refractivity contribution in [3.8, 4) is 11.1 Å². The van der Waals surface area contributed by atoms with Crippen LogP contribution in [0.25, 0.3) is 11.1 Å². The van der Waals surface area contributed by atoms with Gasteiger partial charge in [-0.2, -0.15) is 0 Å². The van der Waals surface area contributed by atoms with Gasteiger partial charge in [0.2, 0.25) is 5.91 Å². The Hall–Kier alpha value is -4.14. The van der Waals surface area contributed by atoms with Gasteiger partial charge in [0.05, 0.1) is 6.54 Å². The first-order chi connectivity index (χ1) is 16.8. The fourth-order valence-corrected chi connectivity index (χ4v) is 4.20. The van der Waals surface area contributed by atoms with E-state index in [0.29, 0.717) is 0 Å². The van der Waals surface area contributed by atoms with Gasteiger partial charge in [-0.15, -0.1) is 0 Å². The molecule has 0 spiro atoms. The van der Waals surface area contributed by atoms with Crippen LogP contribution in [0.5, 0.6) is 0 Å². The second-order valence-electron chi connectivity index (χ2n) is 8.78. The third-order valence-corrected chi connectivity index (χ3v) is 6.09. The molecule has 3 aromatic rings. The summed E-state index contributed by atoms with van der Waals surface area (Å²) in [5.74, 6) is -1.38. The molecule has 182 valence electrons. The van der Waals surface area contributed by atoms with Crippen LogP contribution < -0.4 is 10.6 Å². The van der Waals surface area contributed by atoms with Crippen molar-refractivity contribution < 1.29 is 28.8 Å². The number of aromatic carboxylic acids is 1. The highest BCUT2D eigenvalue weighted by Crippen LogP contribution is 2.44. The van der Waals surface area contributed by atoms with E-state index in [9.17, 15) is 14.4 Å². The fourth-order valence-electron chi connectivity index (χ4n) is 4.20. The van der Waals surface area contributed by atoms with Crippen molar-refractivity contribution in [3.63, 3.8) is 0 Å². The molecule has 0 saturated carbocycles. The van der Waals surface area contributed by atoms with E-state index in [1.165, 1.54) is 6.07 Å². The largest absolute Gasteiger partial charge is 0.476 e.